The first-order chi connectivity index (χ1) is 1.00. The summed E-state index contributed by atoms with van der Waals surface area (Å²) in [7, 11) is 1.00. The Morgan fingerprint density at radius 1 is 1.20 bits per heavy atom. The fraction of sp³-hybridized carbons (Fsp3) is 1.00. The Morgan fingerprint density at radius 2 is 1.20 bits per heavy atom. The fourth-order valence-electron chi connectivity index (χ4n) is 0. The van der Waals surface area contributed by atoms with E-state index in [2.05, 4.69) is 0 Å². The smallest absolute Gasteiger partial charge is 0.0319 e. The van der Waals surface area contributed by atoms with Crippen LogP contribution in [0.4, 0.5) is 0 Å². The van der Waals surface area contributed by atoms with Gasteiger partial charge in [-0.15, -0.1) is 0 Å². The minimum Gasteiger partial charge on any atom is -0.412 e. The molecule has 0 unspecified atom stereocenters. The second kappa shape index (κ2) is 79.3. The van der Waals surface area contributed by atoms with E-state index >= 15 is 0 Å². The van der Waals surface area contributed by atoms with Crippen LogP contribution in [-0.4, -0.2) is 28.7 Å². The second-order valence-corrected chi connectivity index (χ2v) is 0. The van der Waals surface area contributed by atoms with Crippen LogP contribution in [0.25, 0.3) is 0 Å². The van der Waals surface area contributed by atoms with Crippen LogP contribution in [0.2, 0.25) is 0 Å². The Kier molecular flexibility index (Phi) is 593. The van der Waals surface area contributed by atoms with Gasteiger partial charge in [0.2, 0.25) is 0 Å². The molecule has 0 rings (SSSR count). The van der Waals surface area contributed by atoms with Gasteiger partial charge in [0, 0.05) is 33.0 Å². The summed E-state index contributed by atoms with van der Waals surface area (Å²) in [4.78, 5) is 0. The molecule has 0 aliphatic carbocycles. The van der Waals surface area contributed by atoms with Crippen LogP contribution in [0.15, 0.2) is 0 Å². The van der Waals surface area contributed by atoms with Gasteiger partial charge < -0.3 is 10.6 Å². The zero-order valence-electron chi connectivity index (χ0n) is 2.45. The van der Waals surface area contributed by atoms with Crippen LogP contribution < -0.4 is 0 Å². The molecule has 2 nitrogen and oxygen atoms in total. The molecule has 3 N–H and O–H groups in total. The van der Waals surface area contributed by atoms with Crippen LogP contribution >= 0.6 is 0 Å². The van der Waals surface area contributed by atoms with E-state index in [1.807, 2.05) is 0 Å². The molecule has 0 bridgehead atoms. The predicted molar refractivity (Wildman–Crippen MR) is 23.1 cm³/mol. The van der Waals surface area contributed by atoms with E-state index in [1.54, 1.807) is 0 Å². The molecule has 0 amide bonds. The number of hydrogen-bond acceptors (Lipinski definition) is 1. The zero-order chi connectivity index (χ0) is 2.00. The topological polar surface area (TPSA) is 51.7 Å². The summed E-state index contributed by atoms with van der Waals surface area (Å²) in [6.07, 6.45) is 0. The molecule has 0 saturated heterocycles. The Hall–Kier alpha value is 1.01. The van der Waals surface area contributed by atoms with Crippen molar-refractivity contribution in [3.8, 4) is 0 Å². The van der Waals surface area contributed by atoms with Crippen molar-refractivity contribution < 1.29 is 36.4 Å². The molecule has 0 aromatic carbocycles. The van der Waals surface area contributed by atoms with Crippen LogP contribution in [0.5, 0.6) is 0 Å². The summed E-state index contributed by atoms with van der Waals surface area (Å²) < 4.78 is 0. The maximum absolute atomic E-state index is 7.00. The predicted octanol–water partition coefficient (Wildman–Crippen LogP) is -2.67. The van der Waals surface area contributed by atoms with Crippen molar-refractivity contribution in [1.82, 2.24) is 0 Å². The third-order valence-corrected chi connectivity index (χ3v) is 0. The maximum atomic E-state index is 7.00. The van der Waals surface area contributed by atoms with Gasteiger partial charge in [-0.05, 0) is 11.0 Å². The summed E-state index contributed by atoms with van der Waals surface area (Å²) >= 11 is 0. The Labute approximate surface area is 54.7 Å². The quantitative estimate of drug-likeness (QED) is 0.475. The molecule has 0 aliphatic heterocycles. The molecule has 0 radical (unpaired) electrons. The van der Waals surface area contributed by atoms with Gasteiger partial charge in [0.15, 0.2) is 0 Å². The number of aliphatic hydroxyl groups is 1. The van der Waals surface area contributed by atoms with Gasteiger partial charge in [-0.3, -0.25) is 0 Å². The molecule has 0 atom stereocenters. The third kappa shape index (κ3) is 44.6. The van der Waals surface area contributed by atoms with E-state index in [4.69, 9.17) is 5.11 Å². The summed E-state index contributed by atoms with van der Waals surface area (Å²) in [6, 6.07) is 0. The van der Waals surface area contributed by atoms with Crippen molar-refractivity contribution in [2.24, 2.45) is 0 Å². The van der Waals surface area contributed by atoms with E-state index in [0.29, 0.717) is 0 Å². The summed E-state index contributed by atoms with van der Waals surface area (Å²) in [6.45, 7) is 0. The molecule has 5 heavy (non-hydrogen) atoms. The van der Waals surface area contributed by atoms with Crippen LogP contribution in [0, 0.1) is 0 Å². The van der Waals surface area contributed by atoms with Gasteiger partial charge in [0.1, 0.15) is 0 Å². The molecule has 0 saturated carbocycles. The molecular weight excluding hydrogens is 251 g/mol. The van der Waals surface area contributed by atoms with E-state index in [-0.39, 0.29) is 42.3 Å². The minimum absolute atomic E-state index is 0. The third-order valence-electron chi connectivity index (χ3n) is 0. The van der Waals surface area contributed by atoms with Crippen LogP contribution in [-0.2, 0) is 25.8 Å². The molecule has 0 fully saturated rings. The molecule has 0 aromatic rings. The SMILES string of the molecule is CO.O.[Hf].[SiH4]. The summed E-state index contributed by atoms with van der Waals surface area (Å²) in [5.74, 6) is 0. The van der Waals surface area contributed by atoms with Crippen LogP contribution in [0.1, 0.15) is 0 Å². The standard InChI is InChI=1S/CH4O.Hf.H2O.H4Si/c1-2;;;/h2H,1H3;;1H2;1H4. The molecule has 0 heterocycles. The fourth-order valence-corrected chi connectivity index (χ4v) is 0. The van der Waals surface area contributed by atoms with Gasteiger partial charge in [-0.25, -0.2) is 0 Å². The average molecular weight is 261 g/mol. The van der Waals surface area contributed by atoms with Crippen molar-refractivity contribution in [2.75, 3.05) is 7.11 Å². The van der Waals surface area contributed by atoms with Gasteiger partial charge in [0.05, 0.1) is 0 Å². The Balaban J connectivity index is -0.00000000167. The van der Waals surface area contributed by atoms with Crippen molar-refractivity contribution in [3.05, 3.63) is 0 Å². The molecule has 0 aliphatic rings. The van der Waals surface area contributed by atoms with Gasteiger partial charge in [0.25, 0.3) is 0 Å². The molecular formula is CH10HfO2Si. The molecule has 0 spiro atoms. The first kappa shape index (κ1) is 37.4. The Morgan fingerprint density at radius 3 is 1.20 bits per heavy atom. The Bertz CT molecular complexity index is 9.61. The number of hydrogen-bond donors (Lipinski definition) is 1. The van der Waals surface area contributed by atoms with Crippen LogP contribution in [0.3, 0.4) is 0 Å². The van der Waals surface area contributed by atoms with Crippen molar-refractivity contribution >= 4 is 11.0 Å². The summed E-state index contributed by atoms with van der Waals surface area (Å²) in [5.41, 5.74) is 0. The second-order valence-electron chi connectivity index (χ2n) is 0. The van der Waals surface area contributed by atoms with Gasteiger partial charge >= 0.3 is 0 Å². The van der Waals surface area contributed by atoms with E-state index in [0.717, 1.165) is 7.11 Å². The maximum Gasteiger partial charge on any atom is 0.0319 e. The first-order valence-electron chi connectivity index (χ1n) is 0.447. The average Bonchev–Trinajstić information content (AvgIpc) is 1.00. The normalized spacial score (nSPS) is 1.20. The largest absolute Gasteiger partial charge is 0.412 e. The van der Waals surface area contributed by atoms with Crippen molar-refractivity contribution in [3.63, 3.8) is 0 Å². The number of rotatable bonds is 0. The first-order valence-corrected chi connectivity index (χ1v) is 0.447. The van der Waals surface area contributed by atoms with Crippen molar-refractivity contribution in [2.45, 2.75) is 0 Å². The zero-order valence-corrected chi connectivity index (χ0v) is 6.04. The van der Waals surface area contributed by atoms with E-state index in [1.165, 1.54) is 0 Å². The molecule has 0 aromatic heterocycles. The van der Waals surface area contributed by atoms with Gasteiger partial charge in [-0.1, -0.05) is 0 Å². The minimum atomic E-state index is 0. The van der Waals surface area contributed by atoms with E-state index < -0.39 is 0 Å². The number of aliphatic hydroxyl groups excluding tert-OH is 1. The monoisotopic (exact) mass is 262 g/mol. The summed E-state index contributed by atoms with van der Waals surface area (Å²) in [5, 5.41) is 7.00. The van der Waals surface area contributed by atoms with Gasteiger partial charge in [-0.2, -0.15) is 0 Å². The molecule has 34 valence electrons. The van der Waals surface area contributed by atoms with Crippen molar-refractivity contribution in [1.29, 1.82) is 0 Å². The van der Waals surface area contributed by atoms with E-state index in [9.17, 15) is 0 Å². The molecule has 4 heteroatoms.